The smallest absolute Gasteiger partial charge is 0.324 e. The Bertz CT molecular complexity index is 759. The number of aromatic nitrogens is 4. The van der Waals surface area contributed by atoms with Crippen molar-refractivity contribution in [2.24, 2.45) is 0 Å². The zero-order valence-corrected chi connectivity index (χ0v) is 16.4. The highest BCUT2D eigenvalue weighted by atomic mass is 16.5. The zero-order valence-electron chi connectivity index (χ0n) is 16.4. The average Bonchev–Trinajstić information content (AvgIpc) is 3.24. The summed E-state index contributed by atoms with van der Waals surface area (Å²) in [7, 11) is 3.07. The molecule has 2 aromatic rings. The highest BCUT2D eigenvalue weighted by molar-refractivity contribution is 5.38. The lowest BCUT2D eigenvalue weighted by molar-refractivity contribution is 0.0341. The maximum atomic E-state index is 5.41. The molecule has 2 saturated heterocycles. The Kier molecular flexibility index (Phi) is 5.82. The fourth-order valence-electron chi connectivity index (χ4n) is 3.70. The van der Waals surface area contributed by atoms with Crippen molar-refractivity contribution < 1.29 is 14.2 Å². The van der Waals surface area contributed by atoms with Gasteiger partial charge in [0, 0.05) is 32.4 Å². The van der Waals surface area contributed by atoms with Crippen LogP contribution in [0.1, 0.15) is 30.1 Å². The second kappa shape index (κ2) is 8.66. The molecule has 4 rings (SSSR count). The maximum absolute atomic E-state index is 5.41. The predicted octanol–water partition coefficient (Wildman–Crippen LogP) is 1.46. The molecule has 0 aromatic carbocycles. The molecule has 2 aliphatic heterocycles. The monoisotopic (exact) mass is 386 g/mol. The second-order valence-electron chi connectivity index (χ2n) is 6.94. The van der Waals surface area contributed by atoms with Crippen LogP contribution in [0.4, 0.5) is 5.95 Å². The predicted molar refractivity (Wildman–Crippen MR) is 103 cm³/mol. The Hall–Kier alpha value is -2.52. The quantitative estimate of drug-likeness (QED) is 0.732. The Morgan fingerprint density at radius 2 is 1.79 bits per heavy atom. The van der Waals surface area contributed by atoms with E-state index in [1.165, 1.54) is 19.8 Å². The van der Waals surface area contributed by atoms with Crippen molar-refractivity contribution in [3.8, 4) is 12.0 Å². The molecular formula is C19H26N6O3. The van der Waals surface area contributed by atoms with Crippen LogP contribution >= 0.6 is 0 Å². The van der Waals surface area contributed by atoms with Gasteiger partial charge in [-0.3, -0.25) is 9.88 Å². The molecule has 0 saturated carbocycles. The molecular weight excluding hydrogens is 360 g/mol. The third kappa shape index (κ3) is 4.15. The van der Waals surface area contributed by atoms with Gasteiger partial charge in [-0.05, 0) is 24.5 Å². The van der Waals surface area contributed by atoms with Gasteiger partial charge in [-0.25, -0.2) is 0 Å². The lowest BCUT2D eigenvalue weighted by Crippen LogP contribution is -2.35. The van der Waals surface area contributed by atoms with Gasteiger partial charge in [-0.1, -0.05) is 6.07 Å². The number of anilines is 1. The van der Waals surface area contributed by atoms with E-state index in [9.17, 15) is 0 Å². The molecule has 2 aliphatic rings. The Labute approximate surface area is 164 Å². The Morgan fingerprint density at radius 1 is 1.04 bits per heavy atom. The number of ether oxygens (including phenoxy) is 3. The maximum Gasteiger partial charge on any atom is 0.324 e. The molecule has 0 amide bonds. The van der Waals surface area contributed by atoms with E-state index in [1.54, 1.807) is 0 Å². The molecule has 4 heterocycles. The molecule has 0 N–H and O–H groups in total. The molecule has 9 heteroatoms. The van der Waals surface area contributed by atoms with Crippen LogP contribution in [0.3, 0.4) is 0 Å². The van der Waals surface area contributed by atoms with E-state index in [-0.39, 0.29) is 18.1 Å². The summed E-state index contributed by atoms with van der Waals surface area (Å²) >= 11 is 0. The normalized spacial score (nSPS) is 20.4. The molecule has 2 aromatic heterocycles. The van der Waals surface area contributed by atoms with Crippen LogP contribution in [0.5, 0.6) is 12.0 Å². The number of rotatable bonds is 6. The fourth-order valence-corrected chi connectivity index (χ4v) is 3.70. The van der Waals surface area contributed by atoms with Gasteiger partial charge in [0.05, 0.1) is 39.2 Å². The third-order valence-corrected chi connectivity index (χ3v) is 5.16. The SMILES string of the molecule is COc1nc(OC)nc(N2CCC[C@H]2c2ccc(CN3CCOCC3)cn2)n1. The fraction of sp³-hybridized carbons (Fsp3) is 0.579. The zero-order chi connectivity index (χ0) is 19.3. The van der Waals surface area contributed by atoms with Gasteiger partial charge in [0.1, 0.15) is 0 Å². The van der Waals surface area contributed by atoms with Crippen molar-refractivity contribution in [3.63, 3.8) is 0 Å². The summed E-state index contributed by atoms with van der Waals surface area (Å²) in [5, 5.41) is 0. The lowest BCUT2D eigenvalue weighted by Gasteiger charge is -2.27. The van der Waals surface area contributed by atoms with Crippen LogP contribution in [0.2, 0.25) is 0 Å². The number of hydrogen-bond donors (Lipinski definition) is 0. The summed E-state index contributed by atoms with van der Waals surface area (Å²) in [4.78, 5) is 22.2. The Morgan fingerprint density at radius 3 is 2.43 bits per heavy atom. The van der Waals surface area contributed by atoms with Crippen LogP contribution in [-0.4, -0.2) is 71.9 Å². The van der Waals surface area contributed by atoms with Crippen molar-refractivity contribution >= 4 is 5.95 Å². The number of pyridine rings is 1. The van der Waals surface area contributed by atoms with E-state index in [0.717, 1.165) is 57.9 Å². The van der Waals surface area contributed by atoms with Gasteiger partial charge in [0.25, 0.3) is 0 Å². The van der Waals surface area contributed by atoms with E-state index >= 15 is 0 Å². The molecule has 150 valence electrons. The van der Waals surface area contributed by atoms with Gasteiger partial charge >= 0.3 is 12.0 Å². The number of methoxy groups -OCH3 is 2. The summed E-state index contributed by atoms with van der Waals surface area (Å²) in [5.41, 5.74) is 2.25. The van der Waals surface area contributed by atoms with Crippen LogP contribution < -0.4 is 14.4 Å². The summed E-state index contributed by atoms with van der Waals surface area (Å²) in [5.74, 6) is 0.561. The lowest BCUT2D eigenvalue weighted by atomic mass is 10.1. The van der Waals surface area contributed by atoms with Crippen LogP contribution in [0.25, 0.3) is 0 Å². The first-order valence-corrected chi connectivity index (χ1v) is 9.62. The average molecular weight is 386 g/mol. The Balaban J connectivity index is 1.50. The van der Waals surface area contributed by atoms with Crippen LogP contribution in [0, 0.1) is 0 Å². The highest BCUT2D eigenvalue weighted by Gasteiger charge is 2.30. The first kappa shape index (κ1) is 18.8. The molecule has 28 heavy (non-hydrogen) atoms. The van der Waals surface area contributed by atoms with Crippen molar-refractivity contribution in [1.29, 1.82) is 0 Å². The number of morpholine rings is 1. The van der Waals surface area contributed by atoms with Crippen molar-refractivity contribution in [2.75, 3.05) is 52.0 Å². The second-order valence-corrected chi connectivity index (χ2v) is 6.94. The van der Waals surface area contributed by atoms with Gasteiger partial charge in [0.15, 0.2) is 0 Å². The summed E-state index contributed by atoms with van der Waals surface area (Å²) in [6.45, 7) is 5.33. The molecule has 2 fully saturated rings. The van der Waals surface area contributed by atoms with Gasteiger partial charge < -0.3 is 19.1 Å². The van der Waals surface area contributed by atoms with Crippen molar-refractivity contribution in [2.45, 2.75) is 25.4 Å². The molecule has 9 nitrogen and oxygen atoms in total. The van der Waals surface area contributed by atoms with E-state index in [4.69, 9.17) is 19.2 Å². The molecule has 0 bridgehead atoms. The van der Waals surface area contributed by atoms with Crippen molar-refractivity contribution in [1.82, 2.24) is 24.8 Å². The minimum absolute atomic E-state index is 0.134. The first-order valence-electron chi connectivity index (χ1n) is 9.62. The van der Waals surface area contributed by atoms with E-state index in [1.807, 2.05) is 6.20 Å². The minimum atomic E-state index is 0.134. The van der Waals surface area contributed by atoms with E-state index in [0.29, 0.717) is 5.95 Å². The first-order chi connectivity index (χ1) is 13.8. The standard InChI is InChI=1S/C19H26N6O3/c1-26-18-21-17(22-19(23-18)27-2)25-7-3-4-16(25)15-6-5-14(12-20-15)13-24-8-10-28-11-9-24/h5-6,12,16H,3-4,7-11,13H2,1-2H3/t16-/m0/s1. The number of nitrogens with zero attached hydrogens (tertiary/aromatic N) is 6. The molecule has 1 atom stereocenters. The minimum Gasteiger partial charge on any atom is -0.467 e. The highest BCUT2D eigenvalue weighted by Crippen LogP contribution is 2.34. The molecule has 0 aliphatic carbocycles. The van der Waals surface area contributed by atoms with E-state index in [2.05, 4.69) is 36.9 Å². The summed E-state index contributed by atoms with van der Waals surface area (Å²) in [6.07, 6.45) is 4.04. The third-order valence-electron chi connectivity index (χ3n) is 5.16. The molecule has 0 radical (unpaired) electrons. The molecule has 0 unspecified atom stereocenters. The molecule has 0 spiro atoms. The van der Waals surface area contributed by atoms with E-state index < -0.39 is 0 Å². The van der Waals surface area contributed by atoms with Crippen LogP contribution in [0.15, 0.2) is 18.3 Å². The van der Waals surface area contributed by atoms with Gasteiger partial charge in [0.2, 0.25) is 5.95 Å². The number of hydrogen-bond acceptors (Lipinski definition) is 9. The van der Waals surface area contributed by atoms with Crippen molar-refractivity contribution in [3.05, 3.63) is 29.6 Å². The largest absolute Gasteiger partial charge is 0.467 e. The topological polar surface area (TPSA) is 85.7 Å². The summed E-state index contributed by atoms with van der Waals surface area (Å²) < 4.78 is 15.8. The van der Waals surface area contributed by atoms with Gasteiger partial charge in [-0.2, -0.15) is 9.97 Å². The summed E-state index contributed by atoms with van der Waals surface area (Å²) in [6, 6.07) is 4.92. The van der Waals surface area contributed by atoms with Crippen LogP contribution in [-0.2, 0) is 11.3 Å². The van der Waals surface area contributed by atoms with Gasteiger partial charge in [-0.15, -0.1) is 4.98 Å².